The molecule has 0 saturated heterocycles. The molecule has 0 aromatic heterocycles. The number of hydrogen-bond acceptors (Lipinski definition) is 3. The standard InChI is InChI=1S/C15H32N2O/c1-5-9-16-14-7-6-8-15(12-14)17(13(2)3)10-11-18-4/h13-16H,5-12H2,1-4H3. The zero-order chi connectivity index (χ0) is 13.4. The Labute approximate surface area is 113 Å². The highest BCUT2D eigenvalue weighted by atomic mass is 16.5. The summed E-state index contributed by atoms with van der Waals surface area (Å²) in [5.74, 6) is 0. The van der Waals surface area contributed by atoms with Crippen LogP contribution >= 0.6 is 0 Å². The molecule has 2 atom stereocenters. The van der Waals surface area contributed by atoms with E-state index in [4.69, 9.17) is 4.74 Å². The molecular weight excluding hydrogens is 224 g/mol. The zero-order valence-electron chi connectivity index (χ0n) is 12.7. The van der Waals surface area contributed by atoms with Crippen molar-refractivity contribution in [3.63, 3.8) is 0 Å². The van der Waals surface area contributed by atoms with Crippen LogP contribution in [0.2, 0.25) is 0 Å². The van der Waals surface area contributed by atoms with Crippen molar-refractivity contribution in [1.29, 1.82) is 0 Å². The second-order valence-electron chi connectivity index (χ2n) is 5.80. The predicted molar refractivity (Wildman–Crippen MR) is 78.1 cm³/mol. The van der Waals surface area contributed by atoms with Gasteiger partial charge in [0.05, 0.1) is 6.61 Å². The fraction of sp³-hybridized carbons (Fsp3) is 1.00. The molecule has 3 heteroatoms. The minimum Gasteiger partial charge on any atom is -0.383 e. The molecule has 0 radical (unpaired) electrons. The van der Waals surface area contributed by atoms with Gasteiger partial charge in [-0.1, -0.05) is 13.3 Å². The Morgan fingerprint density at radius 1 is 1.33 bits per heavy atom. The largest absolute Gasteiger partial charge is 0.383 e. The molecule has 0 bridgehead atoms. The van der Waals surface area contributed by atoms with Gasteiger partial charge in [-0.05, 0) is 46.1 Å². The van der Waals surface area contributed by atoms with E-state index in [-0.39, 0.29) is 0 Å². The summed E-state index contributed by atoms with van der Waals surface area (Å²) in [4.78, 5) is 2.63. The van der Waals surface area contributed by atoms with Crippen molar-refractivity contribution in [2.45, 2.75) is 71.0 Å². The summed E-state index contributed by atoms with van der Waals surface area (Å²) in [6.45, 7) is 9.93. The molecule has 108 valence electrons. The van der Waals surface area contributed by atoms with E-state index in [0.717, 1.165) is 31.8 Å². The van der Waals surface area contributed by atoms with Gasteiger partial charge in [0, 0.05) is 31.8 Å². The number of nitrogens with one attached hydrogen (secondary N) is 1. The van der Waals surface area contributed by atoms with Gasteiger partial charge >= 0.3 is 0 Å². The summed E-state index contributed by atoms with van der Waals surface area (Å²) in [6, 6.07) is 2.09. The van der Waals surface area contributed by atoms with Crippen molar-refractivity contribution >= 4 is 0 Å². The van der Waals surface area contributed by atoms with Gasteiger partial charge in [0.25, 0.3) is 0 Å². The second-order valence-corrected chi connectivity index (χ2v) is 5.80. The summed E-state index contributed by atoms with van der Waals surface area (Å²) in [5.41, 5.74) is 0. The molecule has 1 fully saturated rings. The van der Waals surface area contributed by atoms with Gasteiger partial charge in [-0.15, -0.1) is 0 Å². The fourth-order valence-corrected chi connectivity index (χ4v) is 3.06. The molecule has 1 N–H and O–H groups in total. The highest BCUT2D eigenvalue weighted by molar-refractivity contribution is 4.85. The first kappa shape index (κ1) is 15.9. The third-order valence-corrected chi connectivity index (χ3v) is 4.02. The van der Waals surface area contributed by atoms with Gasteiger partial charge in [-0.2, -0.15) is 0 Å². The number of hydrogen-bond donors (Lipinski definition) is 1. The van der Waals surface area contributed by atoms with Crippen molar-refractivity contribution in [3.8, 4) is 0 Å². The van der Waals surface area contributed by atoms with Crippen LogP contribution in [0.4, 0.5) is 0 Å². The molecule has 1 aliphatic carbocycles. The highest BCUT2D eigenvalue weighted by Gasteiger charge is 2.27. The Morgan fingerprint density at radius 3 is 2.72 bits per heavy atom. The van der Waals surface area contributed by atoms with Gasteiger partial charge in [0.1, 0.15) is 0 Å². The lowest BCUT2D eigenvalue weighted by atomic mass is 9.89. The average Bonchev–Trinajstić information content (AvgIpc) is 2.37. The Hall–Kier alpha value is -0.120. The first-order chi connectivity index (χ1) is 8.69. The zero-order valence-corrected chi connectivity index (χ0v) is 12.7. The molecule has 0 spiro atoms. The second kappa shape index (κ2) is 8.89. The van der Waals surface area contributed by atoms with Gasteiger partial charge < -0.3 is 10.1 Å². The van der Waals surface area contributed by atoms with E-state index < -0.39 is 0 Å². The summed E-state index contributed by atoms with van der Waals surface area (Å²) in [7, 11) is 1.80. The average molecular weight is 256 g/mol. The lowest BCUT2D eigenvalue weighted by Gasteiger charge is -2.40. The van der Waals surface area contributed by atoms with Crippen LogP contribution in [0, 0.1) is 0 Å². The SMILES string of the molecule is CCCNC1CCCC(N(CCOC)C(C)C)C1. The smallest absolute Gasteiger partial charge is 0.0589 e. The van der Waals surface area contributed by atoms with Crippen molar-refractivity contribution in [2.75, 3.05) is 26.8 Å². The normalized spacial score (nSPS) is 25.0. The molecule has 0 heterocycles. The van der Waals surface area contributed by atoms with Crippen LogP contribution in [-0.4, -0.2) is 49.8 Å². The maximum Gasteiger partial charge on any atom is 0.0589 e. The molecule has 18 heavy (non-hydrogen) atoms. The topological polar surface area (TPSA) is 24.5 Å². The molecule has 0 aromatic carbocycles. The summed E-state index contributed by atoms with van der Waals surface area (Å²) < 4.78 is 5.25. The first-order valence-electron chi connectivity index (χ1n) is 7.67. The van der Waals surface area contributed by atoms with Crippen LogP contribution in [0.1, 0.15) is 52.9 Å². The minimum absolute atomic E-state index is 0.620. The van der Waals surface area contributed by atoms with Gasteiger partial charge in [0.15, 0.2) is 0 Å². The monoisotopic (exact) mass is 256 g/mol. The maximum absolute atomic E-state index is 5.25. The van der Waals surface area contributed by atoms with Gasteiger partial charge in [0.2, 0.25) is 0 Å². The van der Waals surface area contributed by atoms with Crippen LogP contribution in [0.15, 0.2) is 0 Å². The van der Waals surface area contributed by atoms with E-state index in [2.05, 4.69) is 31.0 Å². The van der Waals surface area contributed by atoms with E-state index in [9.17, 15) is 0 Å². The Balaban J connectivity index is 2.45. The minimum atomic E-state index is 0.620. The van der Waals surface area contributed by atoms with Crippen molar-refractivity contribution in [2.24, 2.45) is 0 Å². The molecule has 1 aliphatic rings. The van der Waals surface area contributed by atoms with Crippen LogP contribution in [0.5, 0.6) is 0 Å². The summed E-state index contributed by atoms with van der Waals surface area (Å²) >= 11 is 0. The maximum atomic E-state index is 5.25. The molecule has 1 rings (SSSR count). The summed E-state index contributed by atoms with van der Waals surface area (Å²) in [5, 5.41) is 3.69. The number of rotatable bonds is 8. The molecule has 0 aliphatic heterocycles. The highest BCUT2D eigenvalue weighted by Crippen LogP contribution is 2.24. The summed E-state index contributed by atoms with van der Waals surface area (Å²) in [6.07, 6.45) is 6.61. The predicted octanol–water partition coefficient (Wildman–Crippen LogP) is 2.65. The first-order valence-corrected chi connectivity index (χ1v) is 7.67. The quantitative estimate of drug-likeness (QED) is 0.722. The molecule has 0 aromatic rings. The van der Waals surface area contributed by atoms with Crippen molar-refractivity contribution in [3.05, 3.63) is 0 Å². The van der Waals surface area contributed by atoms with Gasteiger partial charge in [-0.3, -0.25) is 4.90 Å². The molecule has 1 saturated carbocycles. The Morgan fingerprint density at radius 2 is 2.11 bits per heavy atom. The Bertz CT molecular complexity index is 209. The van der Waals surface area contributed by atoms with Gasteiger partial charge in [-0.25, -0.2) is 0 Å². The van der Waals surface area contributed by atoms with Crippen molar-refractivity contribution < 1.29 is 4.74 Å². The lowest BCUT2D eigenvalue weighted by molar-refractivity contribution is 0.0713. The fourth-order valence-electron chi connectivity index (χ4n) is 3.06. The van der Waals surface area contributed by atoms with E-state index in [1.807, 2.05) is 0 Å². The number of nitrogens with zero attached hydrogens (tertiary/aromatic N) is 1. The van der Waals surface area contributed by atoms with E-state index in [0.29, 0.717) is 6.04 Å². The molecule has 2 unspecified atom stereocenters. The number of ether oxygens (including phenoxy) is 1. The third-order valence-electron chi connectivity index (χ3n) is 4.02. The van der Waals surface area contributed by atoms with E-state index in [1.54, 1.807) is 7.11 Å². The van der Waals surface area contributed by atoms with Crippen LogP contribution in [0.25, 0.3) is 0 Å². The number of methoxy groups -OCH3 is 1. The van der Waals surface area contributed by atoms with Crippen LogP contribution in [0.3, 0.4) is 0 Å². The third kappa shape index (κ3) is 5.25. The molecule has 3 nitrogen and oxygen atoms in total. The van der Waals surface area contributed by atoms with E-state index in [1.165, 1.54) is 32.1 Å². The Kier molecular flexibility index (Phi) is 7.87. The molecular formula is C15H32N2O. The molecule has 0 amide bonds. The lowest BCUT2D eigenvalue weighted by Crippen LogP contribution is -2.48. The van der Waals surface area contributed by atoms with Crippen molar-refractivity contribution in [1.82, 2.24) is 10.2 Å². The van der Waals surface area contributed by atoms with E-state index >= 15 is 0 Å². The van der Waals surface area contributed by atoms with Crippen LogP contribution < -0.4 is 5.32 Å². The van der Waals surface area contributed by atoms with Crippen LogP contribution in [-0.2, 0) is 4.74 Å².